The first kappa shape index (κ1) is 25.6. The van der Waals surface area contributed by atoms with Crippen LogP contribution in [-0.4, -0.2) is 25.4 Å². The molecule has 3 aromatic carbocycles. The lowest BCUT2D eigenvalue weighted by atomic mass is 9.83. The maximum absolute atomic E-state index is 14.1. The van der Waals surface area contributed by atoms with Crippen molar-refractivity contribution in [2.45, 2.75) is 25.8 Å². The van der Waals surface area contributed by atoms with Gasteiger partial charge in [-0.05, 0) is 76.7 Å². The standard InChI is InChI=1S/C31H27BrN2O4S/c1-4-38-29-23(32)15-18(16-25(29)37-3)17-26-30(35)34-28(21-11-7-8-12-24(21)36-2)22-14-13-19-9-5-6-10-20(19)27(22)33-31(34)39-26/h5-12,15-17,28H,4,13-14H2,1-3H3/b26-17-/t28-/m0/s1. The predicted octanol–water partition coefficient (Wildman–Crippen LogP) is 5.50. The van der Waals surface area contributed by atoms with Gasteiger partial charge >= 0.3 is 0 Å². The van der Waals surface area contributed by atoms with E-state index in [9.17, 15) is 4.79 Å². The Morgan fingerprint density at radius 1 is 1.05 bits per heavy atom. The van der Waals surface area contributed by atoms with Gasteiger partial charge in [0.15, 0.2) is 16.3 Å². The summed E-state index contributed by atoms with van der Waals surface area (Å²) in [4.78, 5) is 19.9. The Morgan fingerprint density at radius 3 is 2.62 bits per heavy atom. The van der Waals surface area contributed by atoms with Crippen molar-refractivity contribution >= 4 is 39.0 Å². The van der Waals surface area contributed by atoms with Crippen molar-refractivity contribution in [3.63, 3.8) is 0 Å². The molecule has 1 aliphatic heterocycles. The van der Waals surface area contributed by atoms with Gasteiger partial charge < -0.3 is 14.2 Å². The van der Waals surface area contributed by atoms with Crippen LogP contribution in [0.4, 0.5) is 0 Å². The minimum absolute atomic E-state index is 0.0796. The summed E-state index contributed by atoms with van der Waals surface area (Å²) in [5, 5.41) is 0. The number of methoxy groups -OCH3 is 2. The summed E-state index contributed by atoms with van der Waals surface area (Å²) >= 11 is 5.00. The molecule has 1 atom stereocenters. The Kier molecular flexibility index (Phi) is 6.91. The first-order valence-electron chi connectivity index (χ1n) is 12.8. The maximum atomic E-state index is 14.1. The molecule has 0 unspecified atom stereocenters. The average molecular weight is 604 g/mol. The number of ether oxygens (including phenoxy) is 3. The molecule has 0 saturated heterocycles. The SMILES string of the molecule is CCOc1c(Br)cc(/C=c2\sc3n(c2=O)[C@@H](c2ccccc2OC)C2=C(N=3)c3ccccc3CC2)cc1OC. The normalized spacial score (nSPS) is 16.2. The lowest BCUT2D eigenvalue weighted by Crippen LogP contribution is -2.39. The summed E-state index contributed by atoms with van der Waals surface area (Å²) < 4.78 is 20.3. The van der Waals surface area contributed by atoms with E-state index in [1.165, 1.54) is 16.9 Å². The van der Waals surface area contributed by atoms with E-state index in [1.807, 2.05) is 54.0 Å². The van der Waals surface area contributed by atoms with Gasteiger partial charge in [-0.1, -0.05) is 53.8 Å². The zero-order valence-corrected chi connectivity index (χ0v) is 24.3. The predicted molar refractivity (Wildman–Crippen MR) is 158 cm³/mol. The smallest absolute Gasteiger partial charge is 0.271 e. The highest BCUT2D eigenvalue weighted by Crippen LogP contribution is 2.43. The number of hydrogen-bond acceptors (Lipinski definition) is 6. The molecule has 2 heterocycles. The molecule has 2 aliphatic rings. The Balaban J connectivity index is 1.59. The highest BCUT2D eigenvalue weighted by atomic mass is 79.9. The average Bonchev–Trinajstić information content (AvgIpc) is 3.27. The fourth-order valence-corrected chi connectivity index (χ4v) is 7.03. The third-order valence-electron chi connectivity index (χ3n) is 7.14. The van der Waals surface area contributed by atoms with Crippen molar-refractivity contribution in [2.24, 2.45) is 4.99 Å². The van der Waals surface area contributed by atoms with Crippen molar-refractivity contribution in [1.82, 2.24) is 4.57 Å². The second kappa shape index (κ2) is 10.5. The zero-order valence-electron chi connectivity index (χ0n) is 21.9. The molecular weight excluding hydrogens is 576 g/mol. The van der Waals surface area contributed by atoms with Gasteiger partial charge in [-0.15, -0.1) is 0 Å². The van der Waals surface area contributed by atoms with E-state index in [0.29, 0.717) is 27.4 Å². The van der Waals surface area contributed by atoms with Crippen LogP contribution in [0.5, 0.6) is 17.2 Å². The third-order valence-corrected chi connectivity index (χ3v) is 8.72. The van der Waals surface area contributed by atoms with Gasteiger partial charge in [0.2, 0.25) is 0 Å². The fourth-order valence-electron chi connectivity index (χ4n) is 5.45. The lowest BCUT2D eigenvalue weighted by Gasteiger charge is -2.31. The molecule has 198 valence electrons. The summed E-state index contributed by atoms with van der Waals surface area (Å²) in [6, 6.07) is 19.9. The zero-order chi connectivity index (χ0) is 27.1. The van der Waals surface area contributed by atoms with Crippen LogP contribution >= 0.6 is 27.3 Å². The Hall–Kier alpha value is -3.62. The van der Waals surface area contributed by atoms with Crippen molar-refractivity contribution in [1.29, 1.82) is 0 Å². The van der Waals surface area contributed by atoms with E-state index in [0.717, 1.165) is 51.0 Å². The van der Waals surface area contributed by atoms with Crippen LogP contribution in [0.25, 0.3) is 11.8 Å². The molecule has 1 aliphatic carbocycles. The van der Waals surface area contributed by atoms with Crippen LogP contribution in [0, 0.1) is 0 Å². The largest absolute Gasteiger partial charge is 0.496 e. The number of aromatic nitrogens is 1. The number of fused-ring (bicyclic) bond motifs is 3. The molecule has 1 aromatic heterocycles. The molecule has 0 bridgehead atoms. The molecule has 0 fully saturated rings. The van der Waals surface area contributed by atoms with Gasteiger partial charge in [-0.3, -0.25) is 9.36 Å². The van der Waals surface area contributed by atoms with Gasteiger partial charge in [0.1, 0.15) is 5.75 Å². The summed E-state index contributed by atoms with van der Waals surface area (Å²) in [6.07, 6.45) is 3.62. The molecule has 4 aromatic rings. The second-order valence-electron chi connectivity index (χ2n) is 9.32. The highest BCUT2D eigenvalue weighted by molar-refractivity contribution is 9.10. The molecule has 6 rings (SSSR count). The first-order chi connectivity index (χ1) is 19.0. The van der Waals surface area contributed by atoms with E-state index < -0.39 is 0 Å². The first-order valence-corrected chi connectivity index (χ1v) is 14.4. The number of allylic oxidation sites excluding steroid dienone is 1. The molecule has 0 N–H and O–H groups in total. The van der Waals surface area contributed by atoms with Gasteiger partial charge in [0.05, 0.1) is 41.6 Å². The third kappa shape index (κ3) is 4.41. The van der Waals surface area contributed by atoms with E-state index in [1.54, 1.807) is 14.2 Å². The van der Waals surface area contributed by atoms with Gasteiger partial charge in [-0.25, -0.2) is 4.99 Å². The van der Waals surface area contributed by atoms with Crippen molar-refractivity contribution in [2.75, 3.05) is 20.8 Å². The summed E-state index contributed by atoms with van der Waals surface area (Å²) in [5.74, 6) is 2.00. The number of thiazole rings is 1. The van der Waals surface area contributed by atoms with Crippen LogP contribution in [0.15, 0.2) is 80.5 Å². The number of hydrogen-bond donors (Lipinski definition) is 0. The van der Waals surface area contributed by atoms with Gasteiger partial charge in [-0.2, -0.15) is 0 Å². The second-order valence-corrected chi connectivity index (χ2v) is 11.2. The summed E-state index contributed by atoms with van der Waals surface area (Å²) in [7, 11) is 3.28. The maximum Gasteiger partial charge on any atom is 0.271 e. The topological polar surface area (TPSA) is 62.0 Å². The molecule has 0 amide bonds. The molecule has 0 radical (unpaired) electrons. The summed E-state index contributed by atoms with van der Waals surface area (Å²) in [5.41, 5.74) is 6.23. The lowest BCUT2D eigenvalue weighted by molar-refractivity contribution is 0.309. The van der Waals surface area contributed by atoms with Crippen LogP contribution in [0.2, 0.25) is 0 Å². The fraction of sp³-hybridized carbons (Fsp3) is 0.226. The van der Waals surface area contributed by atoms with Crippen molar-refractivity contribution in [3.8, 4) is 17.2 Å². The number of nitrogens with zero attached hydrogens (tertiary/aromatic N) is 2. The number of aryl methyl sites for hydroxylation is 1. The van der Waals surface area contributed by atoms with Gasteiger partial charge in [0.25, 0.3) is 5.56 Å². The van der Waals surface area contributed by atoms with E-state index in [2.05, 4.69) is 40.2 Å². The van der Waals surface area contributed by atoms with Gasteiger partial charge in [0, 0.05) is 11.1 Å². The molecule has 39 heavy (non-hydrogen) atoms. The minimum Gasteiger partial charge on any atom is -0.496 e. The molecule has 0 saturated carbocycles. The molecular formula is C31H27BrN2O4S. The Labute approximate surface area is 238 Å². The Bertz CT molecular complexity index is 1800. The number of benzene rings is 3. The van der Waals surface area contributed by atoms with Crippen molar-refractivity contribution < 1.29 is 14.2 Å². The van der Waals surface area contributed by atoms with Crippen LogP contribution in [-0.2, 0) is 6.42 Å². The molecule has 0 spiro atoms. The van der Waals surface area contributed by atoms with E-state index in [4.69, 9.17) is 19.2 Å². The minimum atomic E-state index is -0.301. The highest BCUT2D eigenvalue weighted by Gasteiger charge is 2.34. The monoisotopic (exact) mass is 602 g/mol. The van der Waals surface area contributed by atoms with E-state index >= 15 is 0 Å². The van der Waals surface area contributed by atoms with Crippen molar-refractivity contribution in [3.05, 3.63) is 113 Å². The Morgan fingerprint density at radius 2 is 1.82 bits per heavy atom. The van der Waals surface area contributed by atoms with Crippen LogP contribution < -0.4 is 29.1 Å². The number of rotatable bonds is 6. The molecule has 6 nitrogen and oxygen atoms in total. The quantitative estimate of drug-likeness (QED) is 0.292. The number of para-hydroxylation sites is 1. The number of halogens is 1. The van der Waals surface area contributed by atoms with Crippen LogP contribution in [0.3, 0.4) is 0 Å². The van der Waals surface area contributed by atoms with Crippen LogP contribution in [0.1, 0.15) is 41.6 Å². The molecule has 8 heteroatoms. The summed E-state index contributed by atoms with van der Waals surface area (Å²) in [6.45, 7) is 2.44. The van der Waals surface area contributed by atoms with E-state index in [-0.39, 0.29) is 11.6 Å².